The molecule has 0 aromatic heterocycles. The fourth-order valence-corrected chi connectivity index (χ4v) is 5.70. The van der Waals surface area contributed by atoms with E-state index >= 15 is 0 Å². The van der Waals surface area contributed by atoms with Crippen LogP contribution in [0.1, 0.15) is 43.2 Å². The van der Waals surface area contributed by atoms with E-state index < -0.39 is 5.60 Å². The Balaban J connectivity index is 1.64. The predicted molar refractivity (Wildman–Crippen MR) is 106 cm³/mol. The van der Waals surface area contributed by atoms with E-state index in [0.29, 0.717) is 24.5 Å². The maximum Gasteiger partial charge on any atom is 0.127 e. The lowest BCUT2D eigenvalue weighted by Crippen LogP contribution is -2.51. The van der Waals surface area contributed by atoms with Gasteiger partial charge in [0.15, 0.2) is 0 Å². The van der Waals surface area contributed by atoms with Crippen LogP contribution in [0.25, 0.3) is 0 Å². The average Bonchev–Trinajstić information content (AvgIpc) is 2.67. The van der Waals surface area contributed by atoms with Crippen LogP contribution in [0.4, 0.5) is 0 Å². The molecule has 1 saturated carbocycles. The third kappa shape index (κ3) is 3.71. The molecule has 2 aliphatic carbocycles. The lowest BCUT2D eigenvalue weighted by molar-refractivity contribution is -0.0185. The van der Waals surface area contributed by atoms with E-state index in [1.165, 1.54) is 11.1 Å². The number of phenols is 1. The summed E-state index contributed by atoms with van der Waals surface area (Å²) in [7, 11) is 0. The van der Waals surface area contributed by atoms with Gasteiger partial charge in [-0.05, 0) is 91.3 Å². The van der Waals surface area contributed by atoms with Crippen LogP contribution in [0, 0.1) is 17.2 Å². The van der Waals surface area contributed by atoms with Gasteiger partial charge in [-0.25, -0.2) is 0 Å². The van der Waals surface area contributed by atoms with Gasteiger partial charge in [0.05, 0.1) is 13.2 Å². The fraction of sp³-hybridized carbons (Fsp3) is 0.636. The molecule has 1 saturated heterocycles. The Morgan fingerprint density at radius 1 is 1.26 bits per heavy atom. The molecule has 27 heavy (non-hydrogen) atoms. The van der Waals surface area contributed by atoms with Crippen molar-refractivity contribution < 1.29 is 14.9 Å². The molecule has 0 radical (unpaired) electrons. The van der Waals surface area contributed by atoms with Crippen molar-refractivity contribution in [3.8, 4) is 17.0 Å². The quantitative estimate of drug-likeness (QED) is 0.780. The van der Waals surface area contributed by atoms with Crippen LogP contribution in [0.5, 0.6) is 5.75 Å². The van der Waals surface area contributed by atoms with Gasteiger partial charge in [-0.2, -0.15) is 0 Å². The number of nitrogens with zero attached hydrogens (tertiary/aromatic N) is 1. The number of benzene rings is 1. The largest absolute Gasteiger partial charge is 0.508 e. The highest BCUT2D eigenvalue weighted by atomic mass is 35.5. The molecule has 0 bridgehead atoms. The van der Waals surface area contributed by atoms with Gasteiger partial charge in [-0.3, -0.25) is 4.90 Å². The number of aromatic hydroxyl groups is 1. The van der Waals surface area contributed by atoms with Crippen LogP contribution in [0.2, 0.25) is 0 Å². The molecule has 2 fully saturated rings. The highest BCUT2D eigenvalue weighted by molar-refractivity contribution is 6.30. The number of hydrogen-bond acceptors (Lipinski definition) is 4. The molecule has 1 heterocycles. The molecule has 1 aliphatic heterocycles. The summed E-state index contributed by atoms with van der Waals surface area (Å²) >= 11 is 5.63. The molecular weight excluding hydrogens is 362 g/mol. The van der Waals surface area contributed by atoms with E-state index in [2.05, 4.69) is 22.3 Å². The summed E-state index contributed by atoms with van der Waals surface area (Å²) in [4.78, 5) is 2.49. The van der Waals surface area contributed by atoms with Gasteiger partial charge in [-0.1, -0.05) is 12.0 Å². The number of aryl methyl sites for hydroxylation is 1. The summed E-state index contributed by atoms with van der Waals surface area (Å²) in [5, 5.41) is 23.3. The van der Waals surface area contributed by atoms with Crippen LogP contribution in [-0.2, 0) is 16.6 Å². The van der Waals surface area contributed by atoms with Crippen molar-refractivity contribution in [2.75, 3.05) is 32.8 Å². The Kier molecular flexibility index (Phi) is 5.40. The number of morpholine rings is 1. The first-order chi connectivity index (χ1) is 13.0. The number of phenolic OH excluding ortho intramolecular Hbond substituents is 1. The molecule has 4 nitrogen and oxygen atoms in total. The molecule has 1 aromatic rings. The summed E-state index contributed by atoms with van der Waals surface area (Å²) in [6.45, 7) is 4.65. The maximum absolute atomic E-state index is 10.9. The second kappa shape index (κ2) is 7.64. The minimum atomic E-state index is -0.969. The van der Waals surface area contributed by atoms with Gasteiger partial charge >= 0.3 is 0 Å². The van der Waals surface area contributed by atoms with Crippen molar-refractivity contribution in [3.63, 3.8) is 0 Å². The first-order valence-corrected chi connectivity index (χ1v) is 10.4. The number of rotatable bonds is 3. The summed E-state index contributed by atoms with van der Waals surface area (Å²) in [6, 6.07) is 5.87. The maximum atomic E-state index is 10.9. The van der Waals surface area contributed by atoms with E-state index in [-0.39, 0.29) is 5.41 Å². The molecule has 3 atom stereocenters. The zero-order valence-electron chi connectivity index (χ0n) is 15.7. The molecule has 3 aliphatic rings. The van der Waals surface area contributed by atoms with E-state index in [4.69, 9.17) is 16.3 Å². The van der Waals surface area contributed by atoms with Gasteiger partial charge in [0.1, 0.15) is 11.4 Å². The van der Waals surface area contributed by atoms with Gasteiger partial charge in [0.25, 0.3) is 0 Å². The Hall–Kier alpha value is -1.25. The standard InChI is InChI=1S/C22H28ClNO3/c23-9-7-21(26)5-6-22(8-10-24-11-13-27-14-12-24)18(16-21)2-1-17-15-19(25)3-4-20(17)22/h3-4,15,18,25-26H,1-2,5-6,8,10-14,16H2/t18-,21?,22+/m1/s1. The number of fused-ring (bicyclic) bond motifs is 3. The normalized spacial score (nSPS) is 33.5. The number of hydrogen-bond donors (Lipinski definition) is 2. The van der Waals surface area contributed by atoms with Crippen molar-refractivity contribution >= 4 is 11.6 Å². The van der Waals surface area contributed by atoms with E-state index in [1.54, 1.807) is 0 Å². The summed E-state index contributed by atoms with van der Waals surface area (Å²) in [6.07, 6.45) is 5.26. The Morgan fingerprint density at radius 2 is 2.07 bits per heavy atom. The zero-order chi connectivity index (χ0) is 18.9. The summed E-state index contributed by atoms with van der Waals surface area (Å²) in [5.74, 6) is 3.58. The number of ether oxygens (including phenoxy) is 1. The zero-order valence-corrected chi connectivity index (χ0v) is 16.5. The molecule has 2 N–H and O–H groups in total. The number of halogens is 1. The predicted octanol–water partition coefficient (Wildman–Crippen LogP) is 3.03. The first-order valence-electron chi connectivity index (χ1n) is 10.0. The molecule has 4 rings (SSSR count). The monoisotopic (exact) mass is 389 g/mol. The lowest BCUT2D eigenvalue weighted by atomic mass is 9.53. The third-order valence-corrected chi connectivity index (χ3v) is 7.09. The summed E-state index contributed by atoms with van der Waals surface area (Å²) in [5.41, 5.74) is 1.70. The van der Waals surface area contributed by atoms with Crippen molar-refractivity contribution in [1.82, 2.24) is 4.90 Å². The second-order valence-electron chi connectivity index (χ2n) is 8.39. The molecule has 0 amide bonds. The highest BCUT2D eigenvalue weighted by Crippen LogP contribution is 2.54. The Labute approximate surface area is 166 Å². The molecule has 1 unspecified atom stereocenters. The van der Waals surface area contributed by atoms with Crippen molar-refractivity contribution in [1.29, 1.82) is 0 Å². The SMILES string of the molecule is Oc1ccc2c(c1)CC[C@@H]1CC(O)(C#CCl)CC[C@@]21CCN1CCOCC1. The minimum Gasteiger partial charge on any atom is -0.508 e. The van der Waals surface area contributed by atoms with E-state index in [1.807, 2.05) is 12.1 Å². The van der Waals surface area contributed by atoms with E-state index in [0.717, 1.165) is 58.5 Å². The van der Waals surface area contributed by atoms with Crippen LogP contribution < -0.4 is 0 Å². The summed E-state index contributed by atoms with van der Waals surface area (Å²) < 4.78 is 5.49. The van der Waals surface area contributed by atoms with Crippen LogP contribution in [-0.4, -0.2) is 53.6 Å². The Bertz CT molecular complexity index is 752. The molecular formula is C22H28ClNO3. The van der Waals surface area contributed by atoms with Gasteiger partial charge < -0.3 is 14.9 Å². The molecule has 5 heteroatoms. The molecule has 146 valence electrons. The molecule has 1 aromatic carbocycles. The van der Waals surface area contributed by atoms with E-state index in [9.17, 15) is 10.2 Å². The lowest BCUT2D eigenvalue weighted by Gasteiger charge is -2.52. The van der Waals surface area contributed by atoms with Crippen molar-refractivity contribution in [2.45, 2.75) is 49.5 Å². The Morgan fingerprint density at radius 3 is 2.85 bits per heavy atom. The van der Waals surface area contributed by atoms with Crippen molar-refractivity contribution in [3.05, 3.63) is 29.3 Å². The third-order valence-electron chi connectivity index (χ3n) is 7.00. The topological polar surface area (TPSA) is 52.9 Å². The van der Waals surface area contributed by atoms with Crippen LogP contribution in [0.15, 0.2) is 18.2 Å². The van der Waals surface area contributed by atoms with Gasteiger partial charge in [-0.15, -0.1) is 0 Å². The van der Waals surface area contributed by atoms with Gasteiger partial charge in [0.2, 0.25) is 0 Å². The first kappa shape index (κ1) is 19.1. The fourth-order valence-electron chi connectivity index (χ4n) is 5.52. The highest BCUT2D eigenvalue weighted by Gasteiger charge is 2.51. The smallest absolute Gasteiger partial charge is 0.127 e. The van der Waals surface area contributed by atoms with Gasteiger partial charge in [0, 0.05) is 18.5 Å². The van der Waals surface area contributed by atoms with Crippen molar-refractivity contribution in [2.24, 2.45) is 5.92 Å². The van der Waals surface area contributed by atoms with Crippen LogP contribution in [0.3, 0.4) is 0 Å². The average molecular weight is 390 g/mol. The van der Waals surface area contributed by atoms with Crippen LogP contribution >= 0.6 is 11.6 Å². The second-order valence-corrected chi connectivity index (χ2v) is 8.58. The minimum absolute atomic E-state index is 0.0415. The number of aliphatic hydroxyl groups is 1. The molecule has 0 spiro atoms.